The molecule has 6 heteroatoms. The van der Waals surface area contributed by atoms with E-state index in [-0.39, 0.29) is 11.3 Å². The molecule has 0 aliphatic heterocycles. The highest BCUT2D eigenvalue weighted by molar-refractivity contribution is 7.09. The number of amides is 1. The van der Waals surface area contributed by atoms with Gasteiger partial charge in [-0.1, -0.05) is 20.8 Å². The molecule has 0 unspecified atom stereocenters. The van der Waals surface area contributed by atoms with Crippen LogP contribution in [0.4, 0.5) is 5.82 Å². The van der Waals surface area contributed by atoms with Crippen molar-refractivity contribution in [2.75, 3.05) is 5.32 Å². The van der Waals surface area contributed by atoms with Crippen LogP contribution in [0.1, 0.15) is 37.2 Å². The molecule has 0 radical (unpaired) electrons. The zero-order valence-electron chi connectivity index (χ0n) is 12.0. The normalized spacial score (nSPS) is 12.0. The van der Waals surface area contributed by atoms with Crippen LogP contribution >= 0.6 is 11.3 Å². The van der Waals surface area contributed by atoms with Gasteiger partial charge in [-0.05, 0) is 13.0 Å². The van der Waals surface area contributed by atoms with Gasteiger partial charge < -0.3 is 5.32 Å². The Bertz CT molecular complexity index is 634. The van der Waals surface area contributed by atoms with E-state index in [0.717, 1.165) is 16.4 Å². The number of aryl methyl sites for hydroxylation is 1. The molecule has 2 aromatic heterocycles. The third kappa shape index (κ3) is 3.77. The predicted octanol–water partition coefficient (Wildman–Crippen LogP) is 3.12. The molecule has 20 heavy (non-hydrogen) atoms. The Balaban J connectivity index is 1.98. The molecule has 0 saturated heterocycles. The van der Waals surface area contributed by atoms with Crippen molar-refractivity contribution in [2.24, 2.45) is 0 Å². The lowest BCUT2D eigenvalue weighted by molar-refractivity contribution is -0.111. The van der Waals surface area contributed by atoms with Crippen molar-refractivity contribution in [3.8, 4) is 0 Å². The highest BCUT2D eigenvalue weighted by Crippen LogP contribution is 2.21. The number of nitrogens with zero attached hydrogens (tertiary/aromatic N) is 2. The van der Waals surface area contributed by atoms with Gasteiger partial charge in [0, 0.05) is 28.6 Å². The first-order valence-corrected chi connectivity index (χ1v) is 7.19. The van der Waals surface area contributed by atoms with E-state index >= 15 is 0 Å². The number of aromatic amines is 1. The van der Waals surface area contributed by atoms with Gasteiger partial charge in [-0.2, -0.15) is 5.10 Å². The van der Waals surface area contributed by atoms with Crippen molar-refractivity contribution in [2.45, 2.75) is 33.1 Å². The van der Waals surface area contributed by atoms with Crippen LogP contribution in [-0.2, 0) is 10.2 Å². The van der Waals surface area contributed by atoms with E-state index in [9.17, 15) is 4.79 Å². The van der Waals surface area contributed by atoms with E-state index in [0.29, 0.717) is 5.82 Å². The molecule has 2 aromatic rings. The lowest BCUT2D eigenvalue weighted by Crippen LogP contribution is -2.11. The Hall–Kier alpha value is -1.95. The topological polar surface area (TPSA) is 70.7 Å². The summed E-state index contributed by atoms with van der Waals surface area (Å²) in [5.74, 6) is 0.307. The lowest BCUT2D eigenvalue weighted by Gasteiger charge is -2.14. The first kappa shape index (κ1) is 14.5. The monoisotopic (exact) mass is 290 g/mol. The Morgan fingerprint density at radius 2 is 2.20 bits per heavy atom. The largest absolute Gasteiger partial charge is 0.306 e. The van der Waals surface area contributed by atoms with E-state index in [4.69, 9.17) is 0 Å². The highest BCUT2D eigenvalue weighted by atomic mass is 32.1. The fraction of sp³-hybridized carbons (Fsp3) is 0.357. The highest BCUT2D eigenvalue weighted by Gasteiger charge is 2.16. The number of rotatable bonds is 3. The van der Waals surface area contributed by atoms with Gasteiger partial charge in [-0.25, -0.2) is 4.98 Å². The summed E-state index contributed by atoms with van der Waals surface area (Å²) in [7, 11) is 0. The number of aromatic nitrogens is 3. The van der Waals surface area contributed by atoms with Crippen LogP contribution in [0.2, 0.25) is 0 Å². The van der Waals surface area contributed by atoms with Crippen LogP contribution in [0.5, 0.6) is 0 Å². The van der Waals surface area contributed by atoms with Crippen LogP contribution in [0.15, 0.2) is 17.5 Å². The smallest absolute Gasteiger partial charge is 0.249 e. The summed E-state index contributed by atoms with van der Waals surface area (Å²) in [6.45, 7) is 8.17. The number of thiazole rings is 1. The molecule has 2 rings (SSSR count). The molecule has 2 N–H and O–H groups in total. The third-order valence-corrected chi connectivity index (χ3v) is 3.47. The Morgan fingerprint density at radius 3 is 2.75 bits per heavy atom. The SMILES string of the molecule is Cc1nc(/C=C/C(=O)Nc2cc(C(C)(C)C)[nH]n2)cs1. The van der Waals surface area contributed by atoms with Gasteiger partial charge in [0.25, 0.3) is 0 Å². The summed E-state index contributed by atoms with van der Waals surface area (Å²) in [6, 6.07) is 1.85. The van der Waals surface area contributed by atoms with Crippen LogP contribution < -0.4 is 5.32 Å². The Labute approximate surface area is 122 Å². The summed E-state index contributed by atoms with van der Waals surface area (Å²) in [6.07, 6.45) is 3.15. The van der Waals surface area contributed by atoms with Gasteiger partial charge in [0.1, 0.15) is 0 Å². The second-order valence-electron chi connectivity index (χ2n) is 5.53. The number of carbonyl (C=O) groups excluding carboxylic acids is 1. The number of carbonyl (C=O) groups is 1. The fourth-order valence-electron chi connectivity index (χ4n) is 1.56. The molecular weight excluding hydrogens is 272 g/mol. The van der Waals surface area contributed by atoms with E-state index in [1.54, 1.807) is 17.4 Å². The van der Waals surface area contributed by atoms with Crippen LogP contribution in [0.3, 0.4) is 0 Å². The van der Waals surface area contributed by atoms with E-state index in [1.165, 1.54) is 6.08 Å². The van der Waals surface area contributed by atoms with Crippen LogP contribution in [-0.4, -0.2) is 21.1 Å². The van der Waals surface area contributed by atoms with Crippen molar-refractivity contribution in [1.29, 1.82) is 0 Å². The minimum Gasteiger partial charge on any atom is -0.306 e. The van der Waals surface area contributed by atoms with Gasteiger partial charge in [0.2, 0.25) is 5.91 Å². The molecular formula is C14H18N4OS. The molecule has 0 bridgehead atoms. The Kier molecular flexibility index (Phi) is 4.04. The number of H-pyrrole nitrogens is 1. The standard InChI is InChI=1S/C14H18N4OS/c1-9-15-10(8-20-9)5-6-13(19)16-12-7-11(17-18-12)14(2,3)4/h5-8H,1-4H3,(H2,16,17,18,19)/b6-5+. The van der Waals surface area contributed by atoms with Gasteiger partial charge in [-0.15, -0.1) is 11.3 Å². The van der Waals surface area contributed by atoms with Crippen molar-refractivity contribution in [1.82, 2.24) is 15.2 Å². The quantitative estimate of drug-likeness (QED) is 0.853. The Morgan fingerprint density at radius 1 is 1.45 bits per heavy atom. The van der Waals surface area contributed by atoms with E-state index < -0.39 is 0 Å². The first-order valence-electron chi connectivity index (χ1n) is 6.32. The lowest BCUT2D eigenvalue weighted by atomic mass is 9.92. The molecule has 106 valence electrons. The average molecular weight is 290 g/mol. The summed E-state index contributed by atoms with van der Waals surface area (Å²) in [5.41, 5.74) is 1.75. The number of hydrogen-bond donors (Lipinski definition) is 2. The maximum Gasteiger partial charge on any atom is 0.249 e. The van der Waals surface area contributed by atoms with Crippen molar-refractivity contribution < 1.29 is 4.79 Å². The zero-order valence-corrected chi connectivity index (χ0v) is 12.8. The van der Waals surface area contributed by atoms with Crippen LogP contribution in [0.25, 0.3) is 6.08 Å². The van der Waals surface area contributed by atoms with Gasteiger partial charge in [0.05, 0.1) is 10.7 Å². The minimum atomic E-state index is -0.220. The van der Waals surface area contributed by atoms with Crippen molar-refractivity contribution in [3.63, 3.8) is 0 Å². The number of nitrogens with one attached hydrogen (secondary N) is 2. The van der Waals surface area contributed by atoms with E-state index in [2.05, 4.69) is 41.3 Å². The van der Waals surface area contributed by atoms with Crippen molar-refractivity contribution >= 4 is 29.1 Å². The molecule has 0 aliphatic carbocycles. The molecule has 0 aliphatic rings. The summed E-state index contributed by atoms with van der Waals surface area (Å²) in [5, 5.41) is 12.6. The fourth-order valence-corrected chi connectivity index (χ4v) is 2.14. The van der Waals surface area contributed by atoms with E-state index in [1.807, 2.05) is 18.4 Å². The zero-order chi connectivity index (χ0) is 14.8. The second-order valence-corrected chi connectivity index (χ2v) is 6.59. The molecule has 0 fully saturated rings. The first-order chi connectivity index (χ1) is 9.34. The molecule has 0 aromatic carbocycles. The van der Waals surface area contributed by atoms with Gasteiger partial charge in [0.15, 0.2) is 5.82 Å². The third-order valence-electron chi connectivity index (χ3n) is 2.68. The second kappa shape index (κ2) is 5.58. The van der Waals surface area contributed by atoms with Crippen LogP contribution in [0, 0.1) is 6.92 Å². The molecule has 5 nitrogen and oxygen atoms in total. The minimum absolute atomic E-state index is 0.0239. The maximum absolute atomic E-state index is 11.8. The summed E-state index contributed by atoms with van der Waals surface area (Å²) < 4.78 is 0. The summed E-state index contributed by atoms with van der Waals surface area (Å²) in [4.78, 5) is 16.0. The average Bonchev–Trinajstić information content (AvgIpc) is 2.95. The number of anilines is 1. The molecule has 2 heterocycles. The molecule has 0 spiro atoms. The number of hydrogen-bond acceptors (Lipinski definition) is 4. The summed E-state index contributed by atoms with van der Waals surface area (Å²) >= 11 is 1.55. The molecule has 1 amide bonds. The van der Waals surface area contributed by atoms with Crippen molar-refractivity contribution in [3.05, 3.63) is 33.9 Å². The van der Waals surface area contributed by atoms with Gasteiger partial charge >= 0.3 is 0 Å². The predicted molar refractivity (Wildman–Crippen MR) is 81.8 cm³/mol. The van der Waals surface area contributed by atoms with Gasteiger partial charge in [-0.3, -0.25) is 9.89 Å². The molecule has 0 atom stereocenters. The molecule has 0 saturated carbocycles. The maximum atomic E-state index is 11.8.